The molecule has 1 N–H and O–H groups in total. The Morgan fingerprint density at radius 3 is 2.54 bits per heavy atom. The molecule has 1 aromatic carbocycles. The highest BCUT2D eigenvalue weighted by atomic mass is 16.5. The number of hydrogen-bond acceptors (Lipinski definition) is 4. The van der Waals surface area contributed by atoms with E-state index in [1.807, 2.05) is 31.2 Å². The van der Waals surface area contributed by atoms with Gasteiger partial charge < -0.3 is 19.5 Å². The summed E-state index contributed by atoms with van der Waals surface area (Å²) in [5, 5.41) is 9.69. The molecule has 0 aliphatic carbocycles. The lowest BCUT2D eigenvalue weighted by molar-refractivity contribution is -0.152. The third kappa shape index (κ3) is 3.12. The van der Waals surface area contributed by atoms with Crippen LogP contribution in [0.4, 0.5) is 0 Å². The summed E-state index contributed by atoms with van der Waals surface area (Å²) in [6.07, 6.45) is 1.66. The van der Waals surface area contributed by atoms with Gasteiger partial charge in [0.05, 0.1) is 12.0 Å². The highest BCUT2D eigenvalue weighted by molar-refractivity contribution is 5.90. The number of benzene rings is 1. The topological polar surface area (TPSA) is 76.1 Å². The molecule has 1 atom stereocenters. The van der Waals surface area contributed by atoms with Gasteiger partial charge in [0.25, 0.3) is 0 Å². The zero-order valence-corrected chi connectivity index (χ0v) is 15.5. The van der Waals surface area contributed by atoms with E-state index in [4.69, 9.17) is 9.47 Å². The van der Waals surface area contributed by atoms with Gasteiger partial charge in [0.15, 0.2) is 0 Å². The second-order valence-electron chi connectivity index (χ2n) is 7.50. The van der Waals surface area contributed by atoms with E-state index >= 15 is 0 Å². The lowest BCUT2D eigenvalue weighted by atomic mass is 9.71. The van der Waals surface area contributed by atoms with E-state index in [0.717, 1.165) is 11.1 Å². The number of likely N-dealkylation sites (tertiary alicyclic amines) is 1. The molecule has 2 fully saturated rings. The molecule has 3 rings (SSSR count). The van der Waals surface area contributed by atoms with Crippen molar-refractivity contribution < 1.29 is 24.2 Å². The monoisotopic (exact) mass is 361 g/mol. The summed E-state index contributed by atoms with van der Waals surface area (Å²) in [4.78, 5) is 27.2. The summed E-state index contributed by atoms with van der Waals surface area (Å²) in [7, 11) is 1.50. The van der Waals surface area contributed by atoms with Gasteiger partial charge in [0, 0.05) is 33.4 Å². The zero-order chi connectivity index (χ0) is 18.8. The number of carbonyl (C=O) groups excluding carboxylic acids is 1. The number of carboxylic acids is 1. The molecule has 6 nitrogen and oxygen atoms in total. The van der Waals surface area contributed by atoms with Gasteiger partial charge in [-0.3, -0.25) is 9.59 Å². The van der Waals surface area contributed by atoms with Gasteiger partial charge in [0.2, 0.25) is 5.91 Å². The summed E-state index contributed by atoms with van der Waals surface area (Å²) in [5.74, 6) is -0.874. The van der Waals surface area contributed by atoms with Crippen molar-refractivity contribution in [1.29, 1.82) is 0 Å². The van der Waals surface area contributed by atoms with Crippen LogP contribution in [0, 0.1) is 12.3 Å². The number of aliphatic carboxylic acids is 1. The van der Waals surface area contributed by atoms with Gasteiger partial charge >= 0.3 is 5.97 Å². The summed E-state index contributed by atoms with van der Waals surface area (Å²) >= 11 is 0. The summed E-state index contributed by atoms with van der Waals surface area (Å²) in [5.41, 5.74) is 0.476. The quantitative estimate of drug-likeness (QED) is 0.868. The molecule has 6 heteroatoms. The third-order valence-corrected chi connectivity index (χ3v) is 5.93. The summed E-state index contributed by atoms with van der Waals surface area (Å²) < 4.78 is 10.7. The molecular weight excluding hydrogens is 334 g/mol. The molecule has 2 heterocycles. The fraction of sp³-hybridized carbons (Fsp3) is 0.600. The molecule has 142 valence electrons. The molecule has 26 heavy (non-hydrogen) atoms. The van der Waals surface area contributed by atoms with Crippen LogP contribution < -0.4 is 0 Å². The molecule has 1 unspecified atom stereocenters. The Morgan fingerprint density at radius 2 is 1.92 bits per heavy atom. The van der Waals surface area contributed by atoms with E-state index in [2.05, 4.69) is 0 Å². The van der Waals surface area contributed by atoms with Crippen LogP contribution in [-0.4, -0.2) is 61.9 Å². The van der Waals surface area contributed by atoms with Gasteiger partial charge in [-0.15, -0.1) is 0 Å². The van der Waals surface area contributed by atoms with Crippen molar-refractivity contribution in [3.05, 3.63) is 35.4 Å². The first-order chi connectivity index (χ1) is 12.4. The minimum Gasteiger partial charge on any atom is -0.481 e. The van der Waals surface area contributed by atoms with Crippen molar-refractivity contribution in [1.82, 2.24) is 4.90 Å². The third-order valence-electron chi connectivity index (χ3n) is 5.93. The molecule has 0 bridgehead atoms. The van der Waals surface area contributed by atoms with Gasteiger partial charge in [-0.2, -0.15) is 0 Å². The number of hydrogen-bond donors (Lipinski definition) is 1. The first-order valence-corrected chi connectivity index (χ1v) is 9.11. The molecule has 2 aliphatic rings. The fourth-order valence-corrected chi connectivity index (χ4v) is 4.41. The predicted molar refractivity (Wildman–Crippen MR) is 96.1 cm³/mol. The van der Waals surface area contributed by atoms with Crippen molar-refractivity contribution >= 4 is 11.9 Å². The van der Waals surface area contributed by atoms with E-state index in [1.54, 1.807) is 4.90 Å². The number of carboxylic acid groups (broad SMARTS) is 1. The largest absolute Gasteiger partial charge is 0.481 e. The Balaban J connectivity index is 1.93. The van der Waals surface area contributed by atoms with Crippen LogP contribution in [-0.2, 0) is 24.5 Å². The smallest absolute Gasteiger partial charge is 0.313 e. The second-order valence-corrected chi connectivity index (χ2v) is 7.50. The maximum atomic E-state index is 13.6. The molecule has 0 aromatic heterocycles. The van der Waals surface area contributed by atoms with Gasteiger partial charge in [-0.05, 0) is 37.3 Å². The average Bonchev–Trinajstić information content (AvgIpc) is 3.08. The highest BCUT2D eigenvalue weighted by Gasteiger charge is 2.51. The Hall–Kier alpha value is -1.92. The Morgan fingerprint density at radius 1 is 1.23 bits per heavy atom. The second kappa shape index (κ2) is 7.37. The first-order valence-electron chi connectivity index (χ1n) is 9.11. The SMILES string of the molecule is COCC1(C(=O)O)CCN(C(=O)C2(c3ccccc3C)CCOCC2)C1. The number of carbonyl (C=O) groups is 2. The molecule has 1 amide bonds. The lowest BCUT2D eigenvalue weighted by Gasteiger charge is -2.40. The molecule has 2 saturated heterocycles. The number of nitrogens with zero attached hydrogens (tertiary/aromatic N) is 1. The maximum absolute atomic E-state index is 13.6. The lowest BCUT2D eigenvalue weighted by Crippen LogP contribution is -2.51. The van der Waals surface area contributed by atoms with E-state index < -0.39 is 16.8 Å². The van der Waals surface area contributed by atoms with E-state index in [9.17, 15) is 14.7 Å². The van der Waals surface area contributed by atoms with Crippen molar-refractivity contribution in [2.75, 3.05) is 40.0 Å². The Bertz CT molecular complexity index is 683. The highest BCUT2D eigenvalue weighted by Crippen LogP contribution is 2.41. The van der Waals surface area contributed by atoms with Crippen molar-refractivity contribution in [2.24, 2.45) is 5.41 Å². The van der Waals surface area contributed by atoms with Crippen molar-refractivity contribution in [3.8, 4) is 0 Å². The van der Waals surface area contributed by atoms with Crippen LogP contribution in [0.3, 0.4) is 0 Å². The number of ether oxygens (including phenoxy) is 2. The zero-order valence-electron chi connectivity index (χ0n) is 15.5. The molecular formula is C20H27NO5. The molecule has 1 aromatic rings. The van der Waals surface area contributed by atoms with Gasteiger partial charge in [-0.25, -0.2) is 0 Å². The van der Waals surface area contributed by atoms with Crippen LogP contribution in [0.15, 0.2) is 24.3 Å². The molecule has 0 spiro atoms. The van der Waals surface area contributed by atoms with E-state index in [0.29, 0.717) is 39.0 Å². The predicted octanol–water partition coefficient (Wildman–Crippen LogP) is 1.99. The summed E-state index contributed by atoms with van der Waals surface area (Å²) in [6.45, 7) is 3.86. The Labute approximate surface area is 154 Å². The maximum Gasteiger partial charge on any atom is 0.313 e. The van der Waals surface area contributed by atoms with Crippen LogP contribution in [0.25, 0.3) is 0 Å². The van der Waals surface area contributed by atoms with Gasteiger partial charge in [0.1, 0.15) is 5.41 Å². The van der Waals surface area contributed by atoms with Crippen molar-refractivity contribution in [2.45, 2.75) is 31.6 Å². The van der Waals surface area contributed by atoms with Crippen molar-refractivity contribution in [3.63, 3.8) is 0 Å². The van der Waals surface area contributed by atoms with E-state index in [1.165, 1.54) is 7.11 Å². The minimum atomic E-state index is -1.01. The van der Waals surface area contributed by atoms with Crippen LogP contribution in [0.5, 0.6) is 0 Å². The number of methoxy groups -OCH3 is 1. The van der Waals surface area contributed by atoms with Gasteiger partial charge in [-0.1, -0.05) is 24.3 Å². The number of aryl methyl sites for hydroxylation is 1. The number of rotatable bonds is 5. The molecule has 0 saturated carbocycles. The minimum absolute atomic E-state index is 0.0225. The van der Waals surface area contributed by atoms with Crippen LogP contribution in [0.1, 0.15) is 30.4 Å². The average molecular weight is 361 g/mol. The molecule has 0 radical (unpaired) electrons. The summed E-state index contributed by atoms with van der Waals surface area (Å²) in [6, 6.07) is 7.98. The van der Waals surface area contributed by atoms with Crippen LogP contribution >= 0.6 is 0 Å². The molecule has 2 aliphatic heterocycles. The number of amides is 1. The standard InChI is InChI=1S/C20H27NO5/c1-15-5-3-4-6-16(15)20(8-11-26-12-9-20)17(22)21-10-7-19(13-21,14-25-2)18(23)24/h3-6H,7-14H2,1-2H3,(H,23,24). The van der Waals surface area contributed by atoms with E-state index in [-0.39, 0.29) is 19.1 Å². The fourth-order valence-electron chi connectivity index (χ4n) is 4.41. The Kier molecular flexibility index (Phi) is 5.34. The first kappa shape index (κ1) is 18.9. The van der Waals surface area contributed by atoms with Crippen LogP contribution in [0.2, 0.25) is 0 Å². The normalized spacial score (nSPS) is 25.2.